The van der Waals surface area contributed by atoms with Crippen LogP contribution in [0.1, 0.15) is 42.2 Å². The quantitative estimate of drug-likeness (QED) is 0.653. The highest BCUT2D eigenvalue weighted by Gasteiger charge is 2.26. The van der Waals surface area contributed by atoms with E-state index in [4.69, 9.17) is 4.98 Å². The molecule has 160 valence electrons. The number of nitrogens with one attached hydrogen (secondary N) is 1. The molecule has 1 amide bonds. The van der Waals surface area contributed by atoms with Crippen molar-refractivity contribution < 1.29 is 9.18 Å². The van der Waals surface area contributed by atoms with E-state index in [1.54, 1.807) is 24.5 Å². The number of halogens is 1. The maximum absolute atomic E-state index is 13.3. The molecule has 3 aromatic rings. The fourth-order valence-electron chi connectivity index (χ4n) is 3.85. The first-order chi connectivity index (χ1) is 15.1. The smallest absolute Gasteiger partial charge is 0.256 e. The van der Waals surface area contributed by atoms with E-state index in [0.717, 1.165) is 30.6 Å². The summed E-state index contributed by atoms with van der Waals surface area (Å²) in [6.07, 6.45) is 7.25. The average Bonchev–Trinajstić information content (AvgIpc) is 2.80. The maximum atomic E-state index is 13.3. The van der Waals surface area contributed by atoms with Crippen LogP contribution in [-0.4, -0.2) is 40.0 Å². The number of nitrogens with zero attached hydrogens (tertiary/aromatic N) is 4. The molecule has 1 aliphatic heterocycles. The number of carbonyl (C=O) groups is 1. The van der Waals surface area contributed by atoms with Gasteiger partial charge in [0.05, 0.1) is 0 Å². The molecule has 0 bridgehead atoms. The van der Waals surface area contributed by atoms with E-state index in [1.807, 2.05) is 18.2 Å². The lowest BCUT2D eigenvalue weighted by atomic mass is 10.0. The van der Waals surface area contributed by atoms with Gasteiger partial charge in [-0.1, -0.05) is 6.07 Å². The van der Waals surface area contributed by atoms with Crippen molar-refractivity contribution in [1.29, 1.82) is 0 Å². The van der Waals surface area contributed by atoms with Gasteiger partial charge in [-0.15, -0.1) is 0 Å². The molecule has 7 heteroatoms. The summed E-state index contributed by atoms with van der Waals surface area (Å²) in [5.41, 5.74) is 2.10. The Balaban J connectivity index is 1.59. The molecule has 3 heterocycles. The number of anilines is 1. The van der Waals surface area contributed by atoms with Crippen molar-refractivity contribution >= 4 is 11.7 Å². The van der Waals surface area contributed by atoms with Gasteiger partial charge in [-0.3, -0.25) is 9.78 Å². The third-order valence-corrected chi connectivity index (χ3v) is 5.58. The second-order valence-corrected chi connectivity index (χ2v) is 7.80. The highest BCUT2D eigenvalue weighted by Crippen LogP contribution is 2.28. The molecule has 0 spiro atoms. The first kappa shape index (κ1) is 20.9. The summed E-state index contributed by atoms with van der Waals surface area (Å²) >= 11 is 0. The predicted molar refractivity (Wildman–Crippen MR) is 118 cm³/mol. The summed E-state index contributed by atoms with van der Waals surface area (Å²) < 4.78 is 13.3. The van der Waals surface area contributed by atoms with Crippen molar-refractivity contribution in [3.63, 3.8) is 0 Å². The van der Waals surface area contributed by atoms with E-state index in [0.29, 0.717) is 30.2 Å². The van der Waals surface area contributed by atoms with Crippen molar-refractivity contribution in [2.45, 2.75) is 38.6 Å². The van der Waals surface area contributed by atoms with Crippen LogP contribution < -0.4 is 10.2 Å². The maximum Gasteiger partial charge on any atom is 0.256 e. The van der Waals surface area contributed by atoms with E-state index in [9.17, 15) is 9.18 Å². The van der Waals surface area contributed by atoms with E-state index in [1.165, 1.54) is 18.6 Å². The molecular weight excluding hydrogens is 393 g/mol. The normalized spacial score (nSPS) is 16.2. The Kier molecular flexibility index (Phi) is 6.50. The summed E-state index contributed by atoms with van der Waals surface area (Å²) in [7, 11) is 0. The third-order valence-electron chi connectivity index (χ3n) is 5.58. The molecule has 1 atom stereocenters. The number of aromatic nitrogens is 3. The highest BCUT2D eigenvalue weighted by molar-refractivity contribution is 5.99. The number of benzene rings is 1. The van der Waals surface area contributed by atoms with Gasteiger partial charge < -0.3 is 10.2 Å². The summed E-state index contributed by atoms with van der Waals surface area (Å²) in [6.45, 7) is 3.47. The van der Waals surface area contributed by atoms with Crippen LogP contribution in [0.25, 0.3) is 11.4 Å². The Hall–Kier alpha value is -3.35. The lowest BCUT2D eigenvalue weighted by Gasteiger charge is -2.35. The van der Waals surface area contributed by atoms with Gasteiger partial charge in [-0.25, -0.2) is 14.4 Å². The number of amides is 1. The van der Waals surface area contributed by atoms with Gasteiger partial charge >= 0.3 is 0 Å². The molecule has 2 aromatic heterocycles. The van der Waals surface area contributed by atoms with Gasteiger partial charge in [0.25, 0.3) is 5.91 Å². The number of piperidine rings is 1. The van der Waals surface area contributed by atoms with Gasteiger partial charge in [0.15, 0.2) is 5.82 Å². The SMILES string of the molecule is CC1CCCCN1c1nc(-c2ccc(F)cc2)ncc1C(=O)NCCc1ccccn1. The molecule has 1 unspecified atom stereocenters. The second kappa shape index (κ2) is 9.64. The number of pyridine rings is 1. The highest BCUT2D eigenvalue weighted by atomic mass is 19.1. The van der Waals surface area contributed by atoms with Crippen LogP contribution in [-0.2, 0) is 6.42 Å². The lowest BCUT2D eigenvalue weighted by Crippen LogP contribution is -2.40. The van der Waals surface area contributed by atoms with Gasteiger partial charge in [0.1, 0.15) is 17.2 Å². The minimum atomic E-state index is -0.308. The zero-order valence-corrected chi connectivity index (χ0v) is 17.6. The van der Waals surface area contributed by atoms with Crippen molar-refractivity contribution in [2.24, 2.45) is 0 Å². The molecule has 6 nitrogen and oxygen atoms in total. The number of carbonyl (C=O) groups excluding carboxylic acids is 1. The van der Waals surface area contributed by atoms with Crippen LogP contribution in [0, 0.1) is 5.82 Å². The van der Waals surface area contributed by atoms with E-state index in [2.05, 4.69) is 27.1 Å². The fraction of sp³-hybridized carbons (Fsp3) is 0.333. The third kappa shape index (κ3) is 5.05. The number of rotatable bonds is 6. The molecule has 4 rings (SSSR count). The molecule has 1 fully saturated rings. The summed E-state index contributed by atoms with van der Waals surface area (Å²) in [6, 6.07) is 12.1. The molecule has 0 aliphatic carbocycles. The predicted octanol–water partition coefficient (Wildman–Crippen LogP) is 4.03. The van der Waals surface area contributed by atoms with Crippen LogP contribution in [0.3, 0.4) is 0 Å². The zero-order chi connectivity index (χ0) is 21.6. The van der Waals surface area contributed by atoms with Gasteiger partial charge in [0.2, 0.25) is 0 Å². The van der Waals surface area contributed by atoms with Crippen LogP contribution in [0.15, 0.2) is 54.9 Å². The summed E-state index contributed by atoms with van der Waals surface area (Å²) in [5, 5.41) is 2.97. The Morgan fingerprint density at radius 2 is 2.00 bits per heavy atom. The topological polar surface area (TPSA) is 71.0 Å². The second-order valence-electron chi connectivity index (χ2n) is 7.80. The van der Waals surface area contributed by atoms with Crippen molar-refractivity contribution in [1.82, 2.24) is 20.3 Å². The van der Waals surface area contributed by atoms with Gasteiger partial charge in [0, 0.05) is 49.2 Å². The van der Waals surface area contributed by atoms with Crippen LogP contribution in [0.4, 0.5) is 10.2 Å². The standard InChI is InChI=1S/C24H26FN5O/c1-17-6-3-5-15-30(17)23-21(24(31)27-14-12-20-7-2-4-13-26-20)16-28-22(29-23)18-8-10-19(25)11-9-18/h2,4,7-11,13,16-17H,3,5-6,12,14-15H2,1H3,(H,27,31). The summed E-state index contributed by atoms with van der Waals surface area (Å²) in [5.74, 6) is 0.613. The number of hydrogen-bond donors (Lipinski definition) is 1. The van der Waals surface area contributed by atoms with E-state index < -0.39 is 0 Å². The van der Waals surface area contributed by atoms with Gasteiger partial charge in [-0.2, -0.15) is 0 Å². The minimum Gasteiger partial charge on any atom is -0.353 e. The first-order valence-corrected chi connectivity index (χ1v) is 10.7. The molecule has 0 radical (unpaired) electrons. The fourth-order valence-corrected chi connectivity index (χ4v) is 3.85. The molecule has 1 saturated heterocycles. The van der Waals surface area contributed by atoms with Crippen molar-refractivity contribution in [3.05, 3.63) is 71.9 Å². The molecule has 1 N–H and O–H groups in total. The Labute approximate surface area is 181 Å². The largest absolute Gasteiger partial charge is 0.353 e. The molecule has 31 heavy (non-hydrogen) atoms. The molecular formula is C24H26FN5O. The molecule has 0 saturated carbocycles. The lowest BCUT2D eigenvalue weighted by molar-refractivity contribution is 0.0953. The van der Waals surface area contributed by atoms with Crippen molar-refractivity contribution in [2.75, 3.05) is 18.0 Å². The first-order valence-electron chi connectivity index (χ1n) is 10.7. The van der Waals surface area contributed by atoms with E-state index >= 15 is 0 Å². The van der Waals surface area contributed by atoms with Crippen molar-refractivity contribution in [3.8, 4) is 11.4 Å². The number of hydrogen-bond acceptors (Lipinski definition) is 5. The average molecular weight is 420 g/mol. The Bertz CT molecular complexity index is 1030. The molecule has 1 aliphatic rings. The minimum absolute atomic E-state index is 0.200. The van der Waals surface area contributed by atoms with Crippen LogP contribution in [0.2, 0.25) is 0 Å². The summed E-state index contributed by atoms with van der Waals surface area (Å²) in [4.78, 5) is 28.7. The Morgan fingerprint density at radius 1 is 1.16 bits per heavy atom. The molecule has 1 aromatic carbocycles. The van der Waals surface area contributed by atoms with Gasteiger partial charge in [-0.05, 0) is 62.6 Å². The van der Waals surface area contributed by atoms with E-state index in [-0.39, 0.29) is 17.8 Å². The Morgan fingerprint density at radius 3 is 2.74 bits per heavy atom. The van der Waals surface area contributed by atoms with Crippen LogP contribution >= 0.6 is 0 Å². The zero-order valence-electron chi connectivity index (χ0n) is 17.6. The monoisotopic (exact) mass is 419 g/mol. The van der Waals surface area contributed by atoms with Crippen LogP contribution in [0.5, 0.6) is 0 Å².